The van der Waals surface area contributed by atoms with E-state index < -0.39 is 74.6 Å². The topological polar surface area (TPSA) is 3.24 Å². The van der Waals surface area contributed by atoms with Crippen molar-refractivity contribution in [2.45, 2.75) is 71.6 Å². The van der Waals surface area contributed by atoms with Crippen LogP contribution in [0, 0.1) is 66.2 Å². The Kier molecular flexibility index (Phi) is 8.72. The third-order valence-electron chi connectivity index (χ3n) is 8.79. The number of halogens is 9. The number of hydrogen-bond donors (Lipinski definition) is 0. The van der Waals surface area contributed by atoms with Crippen molar-refractivity contribution in [2.75, 3.05) is 4.90 Å². The van der Waals surface area contributed by atoms with Crippen LogP contribution in [0.2, 0.25) is 0 Å². The average molecular weight is 636 g/mol. The van der Waals surface area contributed by atoms with E-state index in [1.165, 1.54) is 0 Å². The van der Waals surface area contributed by atoms with Crippen LogP contribution in [-0.2, 0) is 5.41 Å². The fourth-order valence-electron chi connectivity index (χ4n) is 6.65. The van der Waals surface area contributed by atoms with Crippen LogP contribution in [-0.4, -0.2) is 0 Å². The lowest BCUT2D eigenvalue weighted by molar-refractivity contribution is 0.379. The number of anilines is 3. The highest BCUT2D eigenvalue weighted by Gasteiger charge is 2.46. The molecule has 0 radical (unpaired) electrons. The Morgan fingerprint density at radius 1 is 0.489 bits per heavy atom. The van der Waals surface area contributed by atoms with Crippen molar-refractivity contribution >= 4 is 17.1 Å². The summed E-state index contributed by atoms with van der Waals surface area (Å²) in [5.74, 6) is -21.6. The quantitative estimate of drug-likeness (QED) is 0.106. The second-order valence-corrected chi connectivity index (χ2v) is 11.5. The molecule has 4 aromatic carbocycles. The molecule has 0 atom stereocenters. The average Bonchev–Trinajstić information content (AvgIpc) is 3.02. The number of rotatable bonds is 8. The summed E-state index contributed by atoms with van der Waals surface area (Å²) in [5.41, 5.74) is -3.00. The van der Waals surface area contributed by atoms with Gasteiger partial charge in [-0.1, -0.05) is 75.9 Å². The molecule has 1 heterocycles. The molecular weight excluding hydrogens is 605 g/mol. The van der Waals surface area contributed by atoms with Crippen LogP contribution >= 0.6 is 0 Å². The number of nitrogens with zero attached hydrogens (tertiary/aromatic N) is 1. The van der Waals surface area contributed by atoms with Gasteiger partial charge in [0.2, 0.25) is 5.82 Å². The van der Waals surface area contributed by atoms with Gasteiger partial charge in [0.25, 0.3) is 0 Å². The number of unbranched alkanes of at least 4 members (excludes halogenated alkanes) is 2. The Morgan fingerprint density at radius 3 is 1.22 bits per heavy atom. The van der Waals surface area contributed by atoms with Gasteiger partial charge < -0.3 is 4.90 Å². The Balaban J connectivity index is 1.90. The molecule has 0 aromatic heterocycles. The van der Waals surface area contributed by atoms with Crippen molar-refractivity contribution in [3.63, 3.8) is 0 Å². The summed E-state index contributed by atoms with van der Waals surface area (Å²) in [4.78, 5) is 1.07. The molecule has 1 nitrogen and oxygen atoms in total. The summed E-state index contributed by atoms with van der Waals surface area (Å²) in [7, 11) is 0. The molecular formula is C35H30F9N. The number of para-hydroxylation sites is 2. The maximum Gasteiger partial charge on any atom is 0.200 e. The molecule has 0 unspecified atom stereocenters. The molecule has 0 aliphatic carbocycles. The van der Waals surface area contributed by atoms with E-state index in [4.69, 9.17) is 0 Å². The number of fused-ring (bicyclic) bond motifs is 2. The first-order valence-electron chi connectivity index (χ1n) is 14.7. The van der Waals surface area contributed by atoms with Gasteiger partial charge in [0, 0.05) is 5.41 Å². The van der Waals surface area contributed by atoms with Crippen LogP contribution in [0.1, 0.15) is 74.6 Å². The smallest absolute Gasteiger partial charge is 0.200 e. The third-order valence-corrected chi connectivity index (χ3v) is 8.79. The van der Waals surface area contributed by atoms with E-state index in [0.717, 1.165) is 30.6 Å². The van der Waals surface area contributed by atoms with Crippen LogP contribution in [0.4, 0.5) is 56.6 Å². The van der Waals surface area contributed by atoms with Gasteiger partial charge in [-0.2, -0.15) is 0 Å². The zero-order chi connectivity index (χ0) is 33.0. The fourth-order valence-corrected chi connectivity index (χ4v) is 6.65. The van der Waals surface area contributed by atoms with E-state index in [2.05, 4.69) is 0 Å². The van der Waals surface area contributed by atoms with Gasteiger partial charge in [-0.25, -0.2) is 39.5 Å². The normalized spacial score (nSPS) is 13.7. The highest BCUT2D eigenvalue weighted by atomic mass is 19.2. The summed E-state index contributed by atoms with van der Waals surface area (Å²) < 4.78 is 135. The minimum Gasteiger partial charge on any atom is -0.304 e. The standard InChI is InChI=1S/C35H30F9N/c1-5-7-15-35(16-8-6-2)19-13-9-11-17(3)32(19)45(33-18(4)12-10-14-20(33)35)34-30(43)25(38)22(26(39)31(34)44)21-23(36)27(40)29(42)28(41)24(21)37/h9-14H,5-8,15-16H2,1-4H3. The minimum absolute atomic E-state index is 0.284. The molecule has 4 aromatic rings. The molecule has 0 spiro atoms. The number of aryl methyl sites for hydroxylation is 2. The predicted molar refractivity (Wildman–Crippen MR) is 155 cm³/mol. The molecule has 0 amide bonds. The largest absolute Gasteiger partial charge is 0.304 e. The van der Waals surface area contributed by atoms with Gasteiger partial charge in [0.05, 0.1) is 22.5 Å². The number of benzene rings is 4. The highest BCUT2D eigenvalue weighted by Crippen LogP contribution is 2.59. The van der Waals surface area contributed by atoms with Crippen molar-refractivity contribution in [2.24, 2.45) is 0 Å². The maximum absolute atomic E-state index is 16.2. The van der Waals surface area contributed by atoms with E-state index in [0.29, 0.717) is 35.1 Å². The molecule has 0 saturated carbocycles. The summed E-state index contributed by atoms with van der Waals surface area (Å²) in [6.45, 7) is 7.45. The van der Waals surface area contributed by atoms with Gasteiger partial charge in [0.1, 0.15) is 5.69 Å². The lowest BCUT2D eigenvalue weighted by Crippen LogP contribution is -2.37. The molecule has 10 heteroatoms. The highest BCUT2D eigenvalue weighted by molar-refractivity contribution is 5.90. The van der Waals surface area contributed by atoms with E-state index in [9.17, 15) is 22.0 Å². The maximum atomic E-state index is 16.2. The predicted octanol–water partition coefficient (Wildman–Crippen LogP) is 11.7. The van der Waals surface area contributed by atoms with Crippen molar-refractivity contribution in [1.29, 1.82) is 0 Å². The Morgan fingerprint density at radius 2 is 0.844 bits per heavy atom. The van der Waals surface area contributed by atoms with Crippen molar-refractivity contribution in [3.8, 4) is 11.1 Å². The van der Waals surface area contributed by atoms with Gasteiger partial charge in [0.15, 0.2) is 46.5 Å². The van der Waals surface area contributed by atoms with E-state index >= 15 is 17.6 Å². The zero-order valence-electron chi connectivity index (χ0n) is 25.1. The second-order valence-electron chi connectivity index (χ2n) is 11.5. The van der Waals surface area contributed by atoms with E-state index in [-0.39, 0.29) is 11.4 Å². The first kappa shape index (κ1) is 32.4. The van der Waals surface area contributed by atoms with Crippen LogP contribution in [0.25, 0.3) is 11.1 Å². The zero-order valence-corrected chi connectivity index (χ0v) is 25.1. The van der Waals surface area contributed by atoms with Crippen LogP contribution in [0.3, 0.4) is 0 Å². The molecule has 0 fully saturated rings. The first-order chi connectivity index (χ1) is 21.3. The summed E-state index contributed by atoms with van der Waals surface area (Å²) in [6.07, 6.45) is 4.70. The van der Waals surface area contributed by atoms with Crippen molar-refractivity contribution < 1.29 is 39.5 Å². The van der Waals surface area contributed by atoms with E-state index in [1.807, 2.05) is 26.0 Å². The SMILES string of the molecule is CCCCC1(CCCC)c2cccc(C)c2N(c2c(F)c(F)c(-c3c(F)c(F)c(F)c(F)c3F)c(F)c2F)c2c(C)cccc21. The molecule has 0 N–H and O–H groups in total. The van der Waals surface area contributed by atoms with Crippen LogP contribution in [0.5, 0.6) is 0 Å². The Hall–Kier alpha value is -3.95. The molecule has 45 heavy (non-hydrogen) atoms. The van der Waals surface area contributed by atoms with E-state index in [1.54, 1.807) is 38.1 Å². The molecule has 1 aliphatic heterocycles. The van der Waals surface area contributed by atoms with Gasteiger partial charge in [-0.05, 0) is 48.9 Å². The molecule has 0 saturated heterocycles. The van der Waals surface area contributed by atoms with Gasteiger partial charge in [-0.3, -0.25) is 0 Å². The minimum atomic E-state index is -2.60. The Labute approximate surface area is 255 Å². The molecule has 0 bridgehead atoms. The monoisotopic (exact) mass is 635 g/mol. The van der Waals surface area contributed by atoms with Crippen LogP contribution in [0.15, 0.2) is 36.4 Å². The lowest BCUT2D eigenvalue weighted by atomic mass is 9.64. The molecule has 1 aliphatic rings. The summed E-state index contributed by atoms with van der Waals surface area (Å²) in [6, 6.07) is 10.6. The summed E-state index contributed by atoms with van der Waals surface area (Å²) in [5, 5.41) is 0. The summed E-state index contributed by atoms with van der Waals surface area (Å²) >= 11 is 0. The van der Waals surface area contributed by atoms with Crippen LogP contribution < -0.4 is 4.90 Å². The molecule has 238 valence electrons. The van der Waals surface area contributed by atoms with Crippen molar-refractivity contribution in [3.05, 3.63) is 111 Å². The first-order valence-corrected chi connectivity index (χ1v) is 14.7. The lowest BCUT2D eigenvalue weighted by Gasteiger charge is -2.47. The van der Waals surface area contributed by atoms with Crippen molar-refractivity contribution in [1.82, 2.24) is 0 Å². The fraction of sp³-hybridized carbons (Fsp3) is 0.314. The Bertz CT molecular complexity index is 1690. The second kappa shape index (κ2) is 12.1. The number of hydrogen-bond acceptors (Lipinski definition) is 1. The van der Waals surface area contributed by atoms with Gasteiger partial charge >= 0.3 is 0 Å². The molecule has 5 rings (SSSR count). The van der Waals surface area contributed by atoms with Gasteiger partial charge in [-0.15, -0.1) is 0 Å². The third kappa shape index (κ3) is 4.79.